The SMILES string of the molecule is CCN1CC(C(=O)NC2CCCC2(C)C(=O)O)CC1=O. The third-order valence-electron chi connectivity index (χ3n) is 4.73. The number of amides is 2. The first kappa shape index (κ1) is 14.8. The zero-order valence-corrected chi connectivity index (χ0v) is 12.0. The molecule has 0 bridgehead atoms. The zero-order chi connectivity index (χ0) is 14.9. The maximum Gasteiger partial charge on any atom is 0.311 e. The highest BCUT2D eigenvalue weighted by molar-refractivity contribution is 5.89. The molecule has 0 spiro atoms. The number of nitrogens with one attached hydrogen (secondary N) is 1. The Morgan fingerprint density at radius 3 is 2.75 bits per heavy atom. The highest BCUT2D eigenvalue weighted by Crippen LogP contribution is 2.38. The summed E-state index contributed by atoms with van der Waals surface area (Å²) in [4.78, 5) is 36.9. The summed E-state index contributed by atoms with van der Waals surface area (Å²) in [5.74, 6) is -1.40. The smallest absolute Gasteiger partial charge is 0.311 e. The number of carbonyl (C=O) groups is 3. The Kier molecular flexibility index (Phi) is 4.01. The summed E-state index contributed by atoms with van der Waals surface area (Å²) < 4.78 is 0. The van der Waals surface area contributed by atoms with Crippen LogP contribution in [0.1, 0.15) is 39.5 Å². The van der Waals surface area contributed by atoms with Crippen molar-refractivity contribution in [1.29, 1.82) is 0 Å². The molecule has 1 heterocycles. The van der Waals surface area contributed by atoms with Crippen molar-refractivity contribution in [1.82, 2.24) is 10.2 Å². The Morgan fingerprint density at radius 2 is 2.20 bits per heavy atom. The van der Waals surface area contributed by atoms with E-state index in [0.717, 1.165) is 6.42 Å². The molecule has 1 saturated heterocycles. The Bertz CT molecular complexity index is 437. The van der Waals surface area contributed by atoms with Gasteiger partial charge in [-0.05, 0) is 26.7 Å². The molecule has 0 radical (unpaired) electrons. The van der Waals surface area contributed by atoms with E-state index < -0.39 is 11.4 Å². The minimum atomic E-state index is -0.886. The van der Waals surface area contributed by atoms with Crippen LogP contribution in [0.3, 0.4) is 0 Å². The van der Waals surface area contributed by atoms with Crippen molar-refractivity contribution in [3.8, 4) is 0 Å². The molecule has 2 N–H and O–H groups in total. The second-order valence-corrected chi connectivity index (χ2v) is 6.01. The molecular weight excluding hydrogens is 260 g/mol. The molecule has 112 valence electrons. The molecule has 6 heteroatoms. The van der Waals surface area contributed by atoms with Crippen LogP contribution in [-0.4, -0.2) is 46.9 Å². The molecule has 3 unspecified atom stereocenters. The quantitative estimate of drug-likeness (QED) is 0.791. The molecule has 0 aromatic carbocycles. The first-order valence-corrected chi connectivity index (χ1v) is 7.20. The molecule has 2 rings (SSSR count). The molecule has 6 nitrogen and oxygen atoms in total. The Morgan fingerprint density at radius 1 is 1.50 bits per heavy atom. The molecule has 1 saturated carbocycles. The van der Waals surface area contributed by atoms with Crippen molar-refractivity contribution in [2.75, 3.05) is 13.1 Å². The maximum atomic E-state index is 12.2. The van der Waals surface area contributed by atoms with Gasteiger partial charge in [0.15, 0.2) is 0 Å². The van der Waals surface area contributed by atoms with Gasteiger partial charge in [-0.3, -0.25) is 14.4 Å². The van der Waals surface area contributed by atoms with E-state index in [1.165, 1.54) is 0 Å². The van der Waals surface area contributed by atoms with Crippen LogP contribution >= 0.6 is 0 Å². The van der Waals surface area contributed by atoms with Crippen LogP contribution in [0.5, 0.6) is 0 Å². The molecule has 2 fully saturated rings. The summed E-state index contributed by atoms with van der Waals surface area (Å²) >= 11 is 0. The second kappa shape index (κ2) is 5.42. The lowest BCUT2D eigenvalue weighted by Gasteiger charge is -2.28. The van der Waals surface area contributed by atoms with E-state index in [0.29, 0.717) is 25.9 Å². The van der Waals surface area contributed by atoms with E-state index in [1.54, 1.807) is 11.8 Å². The third kappa shape index (κ3) is 2.51. The van der Waals surface area contributed by atoms with Crippen molar-refractivity contribution in [3.63, 3.8) is 0 Å². The Labute approximate surface area is 118 Å². The predicted molar refractivity (Wildman–Crippen MR) is 71.9 cm³/mol. The Hall–Kier alpha value is -1.59. The van der Waals surface area contributed by atoms with Crippen molar-refractivity contribution >= 4 is 17.8 Å². The van der Waals surface area contributed by atoms with Gasteiger partial charge in [-0.2, -0.15) is 0 Å². The van der Waals surface area contributed by atoms with E-state index in [2.05, 4.69) is 5.32 Å². The van der Waals surface area contributed by atoms with Crippen LogP contribution in [0.4, 0.5) is 0 Å². The van der Waals surface area contributed by atoms with Crippen LogP contribution in [-0.2, 0) is 14.4 Å². The van der Waals surface area contributed by atoms with E-state index in [9.17, 15) is 19.5 Å². The van der Waals surface area contributed by atoms with E-state index >= 15 is 0 Å². The van der Waals surface area contributed by atoms with Gasteiger partial charge in [0.05, 0.1) is 11.3 Å². The van der Waals surface area contributed by atoms with Crippen LogP contribution in [0, 0.1) is 11.3 Å². The normalized spacial score (nSPS) is 33.5. The largest absolute Gasteiger partial charge is 0.481 e. The van der Waals surface area contributed by atoms with E-state index in [-0.39, 0.29) is 30.2 Å². The van der Waals surface area contributed by atoms with Gasteiger partial charge in [0.25, 0.3) is 0 Å². The number of hydrogen-bond acceptors (Lipinski definition) is 3. The highest BCUT2D eigenvalue weighted by Gasteiger charge is 2.47. The molecule has 1 aliphatic heterocycles. The average Bonchev–Trinajstić information content (AvgIpc) is 2.94. The van der Waals surface area contributed by atoms with Crippen LogP contribution in [0.15, 0.2) is 0 Å². The number of carboxylic acid groups (broad SMARTS) is 1. The fourth-order valence-corrected chi connectivity index (χ4v) is 3.20. The Balaban J connectivity index is 1.99. The number of rotatable bonds is 4. The summed E-state index contributed by atoms with van der Waals surface area (Å²) in [6.07, 6.45) is 2.30. The van der Waals surface area contributed by atoms with Crippen molar-refractivity contribution in [2.45, 2.75) is 45.6 Å². The number of nitrogens with zero attached hydrogens (tertiary/aromatic N) is 1. The molecular formula is C14H22N2O4. The highest BCUT2D eigenvalue weighted by atomic mass is 16.4. The van der Waals surface area contributed by atoms with Gasteiger partial charge < -0.3 is 15.3 Å². The van der Waals surface area contributed by atoms with Gasteiger partial charge in [-0.1, -0.05) is 6.42 Å². The lowest BCUT2D eigenvalue weighted by molar-refractivity contribution is -0.149. The molecule has 2 aliphatic rings. The molecule has 20 heavy (non-hydrogen) atoms. The van der Waals surface area contributed by atoms with E-state index in [4.69, 9.17) is 0 Å². The summed E-state index contributed by atoms with van der Waals surface area (Å²) in [6, 6.07) is -0.335. The van der Waals surface area contributed by atoms with Gasteiger partial charge in [0.2, 0.25) is 11.8 Å². The number of carboxylic acids is 1. The number of hydrogen-bond donors (Lipinski definition) is 2. The summed E-state index contributed by atoms with van der Waals surface area (Å²) in [6.45, 7) is 4.62. The van der Waals surface area contributed by atoms with Gasteiger partial charge in [-0.25, -0.2) is 0 Å². The number of aliphatic carboxylic acids is 1. The molecule has 0 aromatic heterocycles. The van der Waals surface area contributed by atoms with Gasteiger partial charge in [0, 0.05) is 25.6 Å². The molecule has 0 aromatic rings. The fraction of sp³-hybridized carbons (Fsp3) is 0.786. The standard InChI is InChI=1S/C14H22N2O4/c1-3-16-8-9(7-11(16)17)12(18)15-10-5-4-6-14(10,2)13(19)20/h9-10H,3-8H2,1-2H3,(H,15,18)(H,19,20). The van der Waals surface area contributed by atoms with Gasteiger partial charge >= 0.3 is 5.97 Å². The van der Waals surface area contributed by atoms with Crippen molar-refractivity contribution < 1.29 is 19.5 Å². The minimum Gasteiger partial charge on any atom is -0.481 e. The number of likely N-dealkylation sites (tertiary alicyclic amines) is 1. The van der Waals surface area contributed by atoms with Crippen LogP contribution in [0.25, 0.3) is 0 Å². The third-order valence-corrected chi connectivity index (χ3v) is 4.73. The fourth-order valence-electron chi connectivity index (χ4n) is 3.20. The molecule has 2 amide bonds. The lowest BCUT2D eigenvalue weighted by atomic mass is 9.84. The van der Waals surface area contributed by atoms with Crippen molar-refractivity contribution in [3.05, 3.63) is 0 Å². The average molecular weight is 282 g/mol. The first-order valence-electron chi connectivity index (χ1n) is 7.20. The summed E-state index contributed by atoms with van der Waals surface area (Å²) in [5, 5.41) is 12.2. The van der Waals surface area contributed by atoms with Crippen LogP contribution < -0.4 is 5.32 Å². The van der Waals surface area contributed by atoms with E-state index in [1.807, 2.05) is 6.92 Å². The van der Waals surface area contributed by atoms with Gasteiger partial charge in [-0.15, -0.1) is 0 Å². The molecule has 3 atom stereocenters. The summed E-state index contributed by atoms with van der Waals surface area (Å²) in [7, 11) is 0. The zero-order valence-electron chi connectivity index (χ0n) is 12.0. The van der Waals surface area contributed by atoms with Crippen LogP contribution in [0.2, 0.25) is 0 Å². The predicted octanol–water partition coefficient (Wildman–Crippen LogP) is 0.614. The van der Waals surface area contributed by atoms with Gasteiger partial charge in [0.1, 0.15) is 0 Å². The lowest BCUT2D eigenvalue weighted by Crippen LogP contribution is -2.49. The first-order chi connectivity index (χ1) is 9.38. The minimum absolute atomic E-state index is 0.0000632. The topological polar surface area (TPSA) is 86.7 Å². The second-order valence-electron chi connectivity index (χ2n) is 6.01. The maximum absolute atomic E-state index is 12.2. The molecule has 1 aliphatic carbocycles. The van der Waals surface area contributed by atoms with Crippen molar-refractivity contribution in [2.24, 2.45) is 11.3 Å². The number of carbonyl (C=O) groups excluding carboxylic acids is 2. The summed E-state index contributed by atoms with van der Waals surface area (Å²) in [5.41, 5.74) is -0.886. The monoisotopic (exact) mass is 282 g/mol.